The fourth-order valence-electron chi connectivity index (χ4n) is 2.72. The van der Waals surface area contributed by atoms with E-state index in [2.05, 4.69) is 21.8 Å². The van der Waals surface area contributed by atoms with E-state index in [4.69, 9.17) is 0 Å². The molecule has 2 heterocycles. The molecule has 0 radical (unpaired) electrons. The Balaban J connectivity index is 1.92. The summed E-state index contributed by atoms with van der Waals surface area (Å²) >= 11 is 0. The van der Waals surface area contributed by atoms with E-state index in [-0.39, 0.29) is 6.04 Å². The third kappa shape index (κ3) is 3.16. The van der Waals surface area contributed by atoms with Crippen molar-refractivity contribution in [1.82, 2.24) is 14.9 Å². The number of aromatic nitrogens is 2. The minimum Gasteiger partial charge on any atom is -0.347 e. The number of nitrogens with one attached hydrogen (secondary N) is 1. The average Bonchev–Trinajstić information content (AvgIpc) is 2.84. The number of H-pyrrole nitrogens is 1. The van der Waals surface area contributed by atoms with E-state index in [1.165, 1.54) is 19.3 Å². The van der Waals surface area contributed by atoms with Gasteiger partial charge in [0, 0.05) is 18.4 Å². The zero-order valence-electron chi connectivity index (χ0n) is 10.4. The van der Waals surface area contributed by atoms with E-state index in [1.54, 1.807) is 6.33 Å². The SMILES string of the molecule is CCCC1CCN(Cc2cnc[nH]2)C(C=O)C1. The molecule has 0 amide bonds. The Morgan fingerprint density at radius 1 is 1.65 bits per heavy atom. The number of aromatic amines is 1. The normalized spacial score (nSPS) is 25.9. The van der Waals surface area contributed by atoms with Crippen LogP contribution in [0.5, 0.6) is 0 Å². The highest BCUT2D eigenvalue weighted by Crippen LogP contribution is 2.26. The summed E-state index contributed by atoms with van der Waals surface area (Å²) in [5.41, 5.74) is 1.09. The molecule has 1 aliphatic heterocycles. The predicted molar refractivity (Wildman–Crippen MR) is 66.5 cm³/mol. The first-order valence-corrected chi connectivity index (χ1v) is 6.50. The van der Waals surface area contributed by atoms with Gasteiger partial charge >= 0.3 is 0 Å². The number of likely N-dealkylation sites (tertiary alicyclic amines) is 1. The van der Waals surface area contributed by atoms with E-state index in [1.807, 2.05) is 6.20 Å². The number of aldehydes is 1. The summed E-state index contributed by atoms with van der Waals surface area (Å²) in [5, 5.41) is 0. The van der Waals surface area contributed by atoms with Crippen LogP contribution in [0.4, 0.5) is 0 Å². The molecule has 2 rings (SSSR count). The van der Waals surface area contributed by atoms with Crippen molar-refractivity contribution in [2.75, 3.05) is 6.54 Å². The van der Waals surface area contributed by atoms with Gasteiger partial charge in [-0.25, -0.2) is 4.98 Å². The van der Waals surface area contributed by atoms with Gasteiger partial charge in [-0.2, -0.15) is 0 Å². The molecule has 2 atom stereocenters. The Morgan fingerprint density at radius 2 is 2.53 bits per heavy atom. The second-order valence-electron chi connectivity index (χ2n) is 4.93. The van der Waals surface area contributed by atoms with Gasteiger partial charge in [-0.05, 0) is 25.3 Å². The van der Waals surface area contributed by atoms with Crippen LogP contribution in [0.15, 0.2) is 12.5 Å². The lowest BCUT2D eigenvalue weighted by molar-refractivity contribution is -0.114. The number of carbonyl (C=O) groups is 1. The summed E-state index contributed by atoms with van der Waals surface area (Å²) in [6, 6.07) is 0.0867. The lowest BCUT2D eigenvalue weighted by atomic mass is 9.88. The van der Waals surface area contributed by atoms with Crippen molar-refractivity contribution in [3.05, 3.63) is 18.2 Å². The van der Waals surface area contributed by atoms with Gasteiger partial charge in [0.1, 0.15) is 6.29 Å². The van der Waals surface area contributed by atoms with Crippen LogP contribution in [0.2, 0.25) is 0 Å². The first-order valence-electron chi connectivity index (χ1n) is 6.50. The number of hydrogen-bond acceptors (Lipinski definition) is 3. The van der Waals surface area contributed by atoms with Crippen molar-refractivity contribution in [2.24, 2.45) is 5.92 Å². The second-order valence-corrected chi connectivity index (χ2v) is 4.93. The summed E-state index contributed by atoms with van der Waals surface area (Å²) in [7, 11) is 0. The van der Waals surface area contributed by atoms with Crippen LogP contribution in [-0.2, 0) is 11.3 Å². The van der Waals surface area contributed by atoms with Gasteiger partial charge in [0.2, 0.25) is 0 Å². The highest BCUT2D eigenvalue weighted by Gasteiger charge is 2.27. The number of rotatable bonds is 5. The molecule has 17 heavy (non-hydrogen) atoms. The van der Waals surface area contributed by atoms with E-state index >= 15 is 0 Å². The van der Waals surface area contributed by atoms with Crippen molar-refractivity contribution in [1.29, 1.82) is 0 Å². The van der Waals surface area contributed by atoms with Crippen molar-refractivity contribution < 1.29 is 4.79 Å². The van der Waals surface area contributed by atoms with Gasteiger partial charge in [0.05, 0.1) is 12.4 Å². The Morgan fingerprint density at radius 3 is 3.18 bits per heavy atom. The van der Waals surface area contributed by atoms with Crippen LogP contribution in [0.1, 0.15) is 38.3 Å². The standard InChI is InChI=1S/C13H21N3O/c1-2-3-11-4-5-16(13(6-11)9-17)8-12-7-14-10-15-12/h7,9-11,13H,2-6,8H2,1H3,(H,14,15). The number of imidazole rings is 1. The van der Waals surface area contributed by atoms with Crippen molar-refractivity contribution >= 4 is 6.29 Å². The molecule has 1 N–H and O–H groups in total. The van der Waals surface area contributed by atoms with E-state index in [0.717, 1.165) is 37.4 Å². The highest BCUT2D eigenvalue weighted by molar-refractivity contribution is 5.57. The summed E-state index contributed by atoms with van der Waals surface area (Å²) < 4.78 is 0. The molecule has 0 spiro atoms. The number of piperidine rings is 1. The molecule has 1 aromatic rings. The van der Waals surface area contributed by atoms with Gasteiger partial charge in [-0.3, -0.25) is 4.90 Å². The molecule has 0 bridgehead atoms. The fourth-order valence-corrected chi connectivity index (χ4v) is 2.72. The van der Waals surface area contributed by atoms with E-state index < -0.39 is 0 Å². The van der Waals surface area contributed by atoms with Crippen LogP contribution >= 0.6 is 0 Å². The van der Waals surface area contributed by atoms with Crippen molar-refractivity contribution in [3.8, 4) is 0 Å². The zero-order valence-corrected chi connectivity index (χ0v) is 10.4. The second kappa shape index (κ2) is 5.96. The lowest BCUT2D eigenvalue weighted by Gasteiger charge is -2.36. The average molecular weight is 235 g/mol. The summed E-state index contributed by atoms with van der Waals surface area (Å²) in [4.78, 5) is 20.5. The monoisotopic (exact) mass is 235 g/mol. The third-order valence-corrected chi connectivity index (χ3v) is 3.65. The summed E-state index contributed by atoms with van der Waals surface area (Å²) in [6.45, 7) is 4.04. The third-order valence-electron chi connectivity index (χ3n) is 3.65. The Bertz CT molecular complexity index is 336. The Hall–Kier alpha value is -1.16. The molecule has 2 unspecified atom stereocenters. The maximum atomic E-state index is 11.2. The lowest BCUT2D eigenvalue weighted by Crippen LogP contribution is -2.43. The topological polar surface area (TPSA) is 49.0 Å². The van der Waals surface area contributed by atoms with Crippen LogP contribution in [0.3, 0.4) is 0 Å². The number of hydrogen-bond donors (Lipinski definition) is 1. The minimum atomic E-state index is 0.0867. The maximum Gasteiger partial charge on any atom is 0.137 e. The molecule has 0 saturated carbocycles. The van der Waals surface area contributed by atoms with Gasteiger partial charge in [0.25, 0.3) is 0 Å². The molecule has 1 aromatic heterocycles. The summed E-state index contributed by atoms with van der Waals surface area (Å²) in [6.07, 6.45) is 9.34. The van der Waals surface area contributed by atoms with Crippen LogP contribution < -0.4 is 0 Å². The molecular formula is C13H21N3O. The molecular weight excluding hydrogens is 214 g/mol. The molecule has 4 heteroatoms. The largest absolute Gasteiger partial charge is 0.347 e. The van der Waals surface area contributed by atoms with E-state index in [9.17, 15) is 4.79 Å². The first kappa shape index (κ1) is 12.3. The van der Waals surface area contributed by atoms with Gasteiger partial charge in [-0.1, -0.05) is 19.8 Å². The molecule has 0 aliphatic carbocycles. The Labute approximate surface area is 102 Å². The molecule has 0 aromatic carbocycles. The molecule has 1 saturated heterocycles. The van der Waals surface area contributed by atoms with Crippen LogP contribution in [0.25, 0.3) is 0 Å². The summed E-state index contributed by atoms with van der Waals surface area (Å²) in [5.74, 6) is 0.730. The van der Waals surface area contributed by atoms with Crippen LogP contribution in [-0.4, -0.2) is 33.7 Å². The zero-order chi connectivity index (χ0) is 12.1. The quantitative estimate of drug-likeness (QED) is 0.794. The molecule has 4 nitrogen and oxygen atoms in total. The molecule has 1 aliphatic rings. The molecule has 1 fully saturated rings. The molecule has 94 valence electrons. The van der Waals surface area contributed by atoms with Crippen LogP contribution in [0, 0.1) is 5.92 Å². The highest BCUT2D eigenvalue weighted by atomic mass is 16.1. The fraction of sp³-hybridized carbons (Fsp3) is 0.692. The van der Waals surface area contributed by atoms with Gasteiger partial charge in [0.15, 0.2) is 0 Å². The van der Waals surface area contributed by atoms with Crippen molar-refractivity contribution in [3.63, 3.8) is 0 Å². The van der Waals surface area contributed by atoms with Gasteiger partial charge in [-0.15, -0.1) is 0 Å². The van der Waals surface area contributed by atoms with Crippen molar-refractivity contribution in [2.45, 2.75) is 45.2 Å². The smallest absolute Gasteiger partial charge is 0.137 e. The first-order chi connectivity index (χ1) is 8.33. The minimum absolute atomic E-state index is 0.0867. The predicted octanol–water partition coefficient (Wildman–Crippen LogP) is 1.99. The maximum absolute atomic E-state index is 11.2. The Kier molecular flexibility index (Phi) is 4.31. The number of carbonyl (C=O) groups excluding carboxylic acids is 1. The number of nitrogens with zero attached hydrogens (tertiary/aromatic N) is 2. The van der Waals surface area contributed by atoms with E-state index in [0.29, 0.717) is 0 Å². The van der Waals surface area contributed by atoms with Gasteiger partial charge < -0.3 is 9.78 Å².